The SMILES string of the molecule is COC(=O)Cc1ccc(OCc2ccccc2/C=C\CCN(C)C)c(I)c1.O=C(O)C(=O)O. The first-order valence-corrected chi connectivity index (χ1v) is 11.0. The predicted octanol–water partition coefficient (Wildman–Crippen LogP) is 3.71. The normalized spacial score (nSPS) is 10.5. The van der Waals surface area contributed by atoms with E-state index in [0.717, 1.165) is 33.4 Å². The fraction of sp³-hybridized carbons (Fsp3) is 0.292. The van der Waals surface area contributed by atoms with Crippen molar-refractivity contribution < 1.29 is 34.1 Å². The van der Waals surface area contributed by atoms with E-state index in [0.29, 0.717) is 6.61 Å². The van der Waals surface area contributed by atoms with Gasteiger partial charge < -0.3 is 24.6 Å². The number of hydrogen-bond acceptors (Lipinski definition) is 6. The number of carbonyl (C=O) groups is 3. The molecule has 2 rings (SSSR count). The van der Waals surface area contributed by atoms with Gasteiger partial charge in [-0.15, -0.1) is 0 Å². The molecule has 2 aromatic rings. The Bertz CT molecular complexity index is 961. The molecular weight excluding hydrogens is 541 g/mol. The van der Waals surface area contributed by atoms with Crippen LogP contribution in [-0.2, 0) is 32.1 Å². The van der Waals surface area contributed by atoms with Gasteiger partial charge in [0.25, 0.3) is 0 Å². The molecule has 33 heavy (non-hydrogen) atoms. The summed E-state index contributed by atoms with van der Waals surface area (Å²) in [6.45, 7) is 1.53. The van der Waals surface area contributed by atoms with Gasteiger partial charge in [0.05, 0.1) is 17.1 Å². The van der Waals surface area contributed by atoms with Crippen molar-refractivity contribution in [3.63, 3.8) is 0 Å². The van der Waals surface area contributed by atoms with Crippen molar-refractivity contribution >= 4 is 46.6 Å². The summed E-state index contributed by atoms with van der Waals surface area (Å²) < 4.78 is 11.7. The lowest BCUT2D eigenvalue weighted by Crippen LogP contribution is -2.11. The Hall–Kier alpha value is -2.92. The number of rotatable bonds is 9. The Labute approximate surface area is 207 Å². The van der Waals surface area contributed by atoms with Crippen LogP contribution in [-0.4, -0.2) is 60.8 Å². The summed E-state index contributed by atoms with van der Waals surface area (Å²) >= 11 is 2.23. The summed E-state index contributed by atoms with van der Waals surface area (Å²) in [5.41, 5.74) is 3.24. The minimum atomic E-state index is -1.82. The lowest BCUT2D eigenvalue weighted by atomic mass is 10.1. The Morgan fingerprint density at radius 2 is 1.73 bits per heavy atom. The number of esters is 1. The molecule has 0 saturated heterocycles. The summed E-state index contributed by atoms with van der Waals surface area (Å²) in [6, 6.07) is 14.0. The first-order valence-electron chi connectivity index (χ1n) is 9.97. The molecule has 0 bridgehead atoms. The van der Waals surface area contributed by atoms with Crippen LogP contribution in [0.5, 0.6) is 5.75 Å². The van der Waals surface area contributed by atoms with Crippen LogP contribution in [0.4, 0.5) is 0 Å². The number of halogens is 1. The first-order chi connectivity index (χ1) is 15.6. The molecule has 8 nitrogen and oxygen atoms in total. The van der Waals surface area contributed by atoms with E-state index < -0.39 is 11.9 Å². The molecule has 178 valence electrons. The molecule has 0 aliphatic carbocycles. The third-order valence-electron chi connectivity index (χ3n) is 4.23. The Morgan fingerprint density at radius 1 is 1.06 bits per heavy atom. The summed E-state index contributed by atoms with van der Waals surface area (Å²) in [7, 11) is 5.55. The van der Waals surface area contributed by atoms with Crippen LogP contribution in [0.2, 0.25) is 0 Å². The zero-order chi connectivity index (χ0) is 24.8. The van der Waals surface area contributed by atoms with Gasteiger partial charge in [0.2, 0.25) is 0 Å². The minimum absolute atomic E-state index is 0.241. The standard InChI is InChI=1S/C22H26INO3.C2H2O4/c1-24(2)13-7-6-9-18-8-4-5-10-19(18)16-27-21-12-11-17(14-20(21)23)15-22(25)26-3;3-1(4)2(5)6/h4-6,8-12,14H,7,13,15-16H2,1-3H3;(H,3,4)(H,5,6)/b9-6-;. The molecule has 0 aromatic heterocycles. The van der Waals surface area contributed by atoms with Crippen LogP contribution in [0.3, 0.4) is 0 Å². The van der Waals surface area contributed by atoms with Gasteiger partial charge in [-0.1, -0.05) is 42.5 Å². The number of carbonyl (C=O) groups excluding carboxylic acids is 1. The molecule has 0 unspecified atom stereocenters. The van der Waals surface area contributed by atoms with E-state index in [-0.39, 0.29) is 12.4 Å². The summed E-state index contributed by atoms with van der Waals surface area (Å²) in [5, 5.41) is 14.8. The number of ether oxygens (including phenoxy) is 2. The number of aliphatic carboxylic acids is 2. The van der Waals surface area contributed by atoms with E-state index in [1.807, 2.05) is 30.3 Å². The highest BCUT2D eigenvalue weighted by Crippen LogP contribution is 2.24. The highest BCUT2D eigenvalue weighted by Gasteiger charge is 2.08. The maximum Gasteiger partial charge on any atom is 0.414 e. The summed E-state index contributed by atoms with van der Waals surface area (Å²) in [5.74, 6) is -3.07. The van der Waals surface area contributed by atoms with E-state index in [9.17, 15) is 4.79 Å². The van der Waals surface area contributed by atoms with Crippen LogP contribution >= 0.6 is 22.6 Å². The van der Waals surface area contributed by atoms with Gasteiger partial charge in [0.1, 0.15) is 12.4 Å². The van der Waals surface area contributed by atoms with Gasteiger partial charge in [-0.05, 0) is 71.9 Å². The molecule has 0 fully saturated rings. The Balaban J connectivity index is 0.000000801. The van der Waals surface area contributed by atoms with Crippen molar-refractivity contribution in [3.8, 4) is 5.75 Å². The topological polar surface area (TPSA) is 113 Å². The van der Waals surface area contributed by atoms with Crippen molar-refractivity contribution in [1.82, 2.24) is 4.90 Å². The van der Waals surface area contributed by atoms with E-state index in [4.69, 9.17) is 29.3 Å². The van der Waals surface area contributed by atoms with Crippen molar-refractivity contribution in [1.29, 1.82) is 0 Å². The lowest BCUT2D eigenvalue weighted by molar-refractivity contribution is -0.159. The number of carboxylic acid groups (broad SMARTS) is 2. The third kappa shape index (κ3) is 11.5. The Morgan fingerprint density at radius 3 is 2.30 bits per heavy atom. The number of methoxy groups -OCH3 is 1. The van der Waals surface area contributed by atoms with Crippen molar-refractivity contribution in [3.05, 3.63) is 68.8 Å². The number of benzene rings is 2. The van der Waals surface area contributed by atoms with Crippen LogP contribution in [0.25, 0.3) is 6.08 Å². The van der Waals surface area contributed by atoms with Crippen LogP contribution in [0.1, 0.15) is 23.1 Å². The van der Waals surface area contributed by atoms with Crippen LogP contribution in [0, 0.1) is 3.57 Å². The fourth-order valence-electron chi connectivity index (χ4n) is 2.54. The van der Waals surface area contributed by atoms with Gasteiger partial charge in [-0.25, -0.2) is 9.59 Å². The largest absolute Gasteiger partial charge is 0.488 e. The average Bonchev–Trinajstić information content (AvgIpc) is 2.77. The van der Waals surface area contributed by atoms with Gasteiger partial charge in [0, 0.05) is 6.54 Å². The second kappa shape index (κ2) is 15.0. The molecule has 0 spiro atoms. The molecule has 0 amide bonds. The first kappa shape index (κ1) is 28.1. The fourth-order valence-corrected chi connectivity index (χ4v) is 3.27. The molecule has 9 heteroatoms. The molecular formula is C24H28INO7. The van der Waals surface area contributed by atoms with Gasteiger partial charge in [-0.2, -0.15) is 0 Å². The molecule has 2 aromatic carbocycles. The smallest absolute Gasteiger partial charge is 0.414 e. The number of hydrogen-bond donors (Lipinski definition) is 2. The van der Waals surface area contributed by atoms with Gasteiger partial charge in [0.15, 0.2) is 0 Å². The van der Waals surface area contributed by atoms with Gasteiger partial charge >= 0.3 is 17.9 Å². The predicted molar refractivity (Wildman–Crippen MR) is 133 cm³/mol. The molecule has 0 aliphatic rings. The second-order valence-corrected chi connectivity index (χ2v) is 8.27. The average molecular weight is 569 g/mol. The van der Waals surface area contributed by atoms with E-state index in [2.05, 4.69) is 65.9 Å². The monoisotopic (exact) mass is 569 g/mol. The van der Waals surface area contributed by atoms with E-state index in [1.165, 1.54) is 12.7 Å². The van der Waals surface area contributed by atoms with Gasteiger partial charge in [-0.3, -0.25) is 4.79 Å². The zero-order valence-electron chi connectivity index (χ0n) is 18.8. The molecule has 0 atom stereocenters. The molecule has 0 radical (unpaired) electrons. The summed E-state index contributed by atoms with van der Waals surface area (Å²) in [4.78, 5) is 31.8. The third-order valence-corrected chi connectivity index (χ3v) is 5.08. The van der Waals surface area contributed by atoms with E-state index >= 15 is 0 Å². The number of nitrogens with zero attached hydrogens (tertiary/aromatic N) is 1. The Kier molecular flexibility index (Phi) is 12.8. The van der Waals surface area contributed by atoms with Crippen molar-refractivity contribution in [2.45, 2.75) is 19.4 Å². The molecule has 0 aliphatic heterocycles. The summed E-state index contributed by atoms with van der Waals surface area (Å²) in [6.07, 6.45) is 5.64. The maximum atomic E-state index is 11.4. The van der Waals surface area contributed by atoms with Crippen molar-refractivity contribution in [2.75, 3.05) is 27.7 Å². The lowest BCUT2D eigenvalue weighted by Gasteiger charge is -2.12. The van der Waals surface area contributed by atoms with Crippen LogP contribution in [0.15, 0.2) is 48.5 Å². The second-order valence-electron chi connectivity index (χ2n) is 7.11. The molecule has 2 N–H and O–H groups in total. The highest BCUT2D eigenvalue weighted by atomic mass is 127. The van der Waals surface area contributed by atoms with Crippen molar-refractivity contribution in [2.24, 2.45) is 0 Å². The molecule has 0 saturated carbocycles. The number of carboxylic acids is 2. The van der Waals surface area contributed by atoms with Crippen LogP contribution < -0.4 is 4.74 Å². The molecule has 0 heterocycles. The van der Waals surface area contributed by atoms with E-state index in [1.54, 1.807) is 0 Å². The maximum absolute atomic E-state index is 11.4. The minimum Gasteiger partial charge on any atom is -0.488 e. The quantitative estimate of drug-likeness (QED) is 0.267. The zero-order valence-corrected chi connectivity index (χ0v) is 20.9. The highest BCUT2D eigenvalue weighted by molar-refractivity contribution is 14.1.